The van der Waals surface area contributed by atoms with E-state index < -0.39 is 0 Å². The number of nitrogens with zero attached hydrogens (tertiary/aromatic N) is 4. The lowest BCUT2D eigenvalue weighted by molar-refractivity contribution is -0.142. The van der Waals surface area contributed by atoms with Crippen molar-refractivity contribution in [1.29, 1.82) is 0 Å². The highest BCUT2D eigenvalue weighted by atomic mass is 32.2. The standard InChI is InChI=1S/C14H26N4O2S/c1-7-8-9-20-12(19)11(4)21-14-16-15-13(17(5)6)18(14)10(2)3/h10-11H,7-9H2,1-6H3. The smallest absolute Gasteiger partial charge is 0.319 e. The molecule has 0 fully saturated rings. The summed E-state index contributed by atoms with van der Waals surface area (Å²) in [6.45, 7) is 8.54. The molecule has 0 bridgehead atoms. The lowest BCUT2D eigenvalue weighted by atomic mass is 10.4. The van der Waals surface area contributed by atoms with E-state index in [1.807, 2.05) is 30.5 Å². The van der Waals surface area contributed by atoms with Gasteiger partial charge in [0.15, 0.2) is 5.16 Å². The fraction of sp³-hybridized carbons (Fsp3) is 0.786. The van der Waals surface area contributed by atoms with Gasteiger partial charge in [0, 0.05) is 20.1 Å². The van der Waals surface area contributed by atoms with Gasteiger partial charge in [-0.15, -0.1) is 10.2 Å². The van der Waals surface area contributed by atoms with Gasteiger partial charge < -0.3 is 9.64 Å². The normalized spacial score (nSPS) is 12.5. The molecule has 1 aromatic heterocycles. The molecular weight excluding hydrogens is 288 g/mol. The van der Waals surface area contributed by atoms with E-state index in [4.69, 9.17) is 4.74 Å². The molecule has 0 saturated heterocycles. The van der Waals surface area contributed by atoms with Crippen LogP contribution in [0.3, 0.4) is 0 Å². The average molecular weight is 314 g/mol. The number of ether oxygens (including phenoxy) is 1. The molecule has 1 atom stereocenters. The monoisotopic (exact) mass is 314 g/mol. The minimum Gasteiger partial charge on any atom is -0.465 e. The van der Waals surface area contributed by atoms with Crippen molar-refractivity contribution in [2.75, 3.05) is 25.6 Å². The largest absolute Gasteiger partial charge is 0.465 e. The highest BCUT2D eigenvalue weighted by Gasteiger charge is 2.22. The highest BCUT2D eigenvalue weighted by Crippen LogP contribution is 2.28. The fourth-order valence-electron chi connectivity index (χ4n) is 1.75. The van der Waals surface area contributed by atoms with E-state index in [1.165, 1.54) is 11.8 Å². The summed E-state index contributed by atoms with van der Waals surface area (Å²) in [6.07, 6.45) is 1.92. The molecule has 1 aromatic rings. The van der Waals surface area contributed by atoms with Crippen LogP contribution in [0.15, 0.2) is 5.16 Å². The molecule has 0 aromatic carbocycles. The van der Waals surface area contributed by atoms with Crippen LogP contribution >= 0.6 is 11.8 Å². The Kier molecular flexibility index (Phi) is 7.01. The summed E-state index contributed by atoms with van der Waals surface area (Å²) < 4.78 is 7.27. The first kappa shape index (κ1) is 17.8. The summed E-state index contributed by atoms with van der Waals surface area (Å²) in [5, 5.41) is 8.85. The number of hydrogen-bond donors (Lipinski definition) is 0. The number of carbonyl (C=O) groups is 1. The molecule has 0 N–H and O–H groups in total. The summed E-state index contributed by atoms with van der Waals surface area (Å²) >= 11 is 1.39. The second kappa shape index (κ2) is 8.26. The SMILES string of the molecule is CCCCOC(=O)C(C)Sc1nnc(N(C)C)n1C(C)C. The number of carbonyl (C=O) groups excluding carboxylic acids is 1. The van der Waals surface area contributed by atoms with Gasteiger partial charge in [-0.1, -0.05) is 25.1 Å². The van der Waals surface area contributed by atoms with Gasteiger partial charge in [0.25, 0.3) is 0 Å². The Bertz CT molecular complexity index is 460. The van der Waals surface area contributed by atoms with Crippen molar-refractivity contribution >= 4 is 23.7 Å². The Morgan fingerprint density at radius 1 is 1.33 bits per heavy atom. The Morgan fingerprint density at radius 2 is 2.00 bits per heavy atom. The highest BCUT2D eigenvalue weighted by molar-refractivity contribution is 8.00. The third-order valence-corrected chi connectivity index (χ3v) is 3.95. The van der Waals surface area contributed by atoms with Crippen LogP contribution in [-0.2, 0) is 9.53 Å². The van der Waals surface area contributed by atoms with Crippen LogP contribution in [-0.4, -0.2) is 46.7 Å². The lowest BCUT2D eigenvalue weighted by Gasteiger charge is -2.18. The second-order valence-electron chi connectivity index (χ2n) is 5.42. The van der Waals surface area contributed by atoms with Crippen LogP contribution in [0.2, 0.25) is 0 Å². The molecule has 7 heteroatoms. The van der Waals surface area contributed by atoms with Crippen LogP contribution in [0.1, 0.15) is 46.6 Å². The summed E-state index contributed by atoms with van der Waals surface area (Å²) in [5.74, 6) is 0.595. The third-order valence-electron chi connectivity index (χ3n) is 2.92. The topological polar surface area (TPSA) is 60.2 Å². The molecule has 21 heavy (non-hydrogen) atoms. The van der Waals surface area contributed by atoms with Crippen LogP contribution < -0.4 is 4.90 Å². The Morgan fingerprint density at radius 3 is 2.52 bits per heavy atom. The molecule has 1 heterocycles. The molecule has 6 nitrogen and oxygen atoms in total. The molecule has 0 saturated carbocycles. The summed E-state index contributed by atoms with van der Waals surface area (Å²) in [4.78, 5) is 13.9. The summed E-state index contributed by atoms with van der Waals surface area (Å²) in [7, 11) is 3.86. The quantitative estimate of drug-likeness (QED) is 0.418. The summed E-state index contributed by atoms with van der Waals surface area (Å²) in [5.41, 5.74) is 0. The number of aromatic nitrogens is 3. The molecule has 0 aliphatic carbocycles. The first-order valence-corrected chi connectivity index (χ1v) is 8.21. The maximum Gasteiger partial charge on any atom is 0.319 e. The molecular formula is C14H26N4O2S. The predicted molar refractivity (Wildman–Crippen MR) is 85.9 cm³/mol. The van der Waals surface area contributed by atoms with Crippen molar-refractivity contribution in [3.8, 4) is 0 Å². The van der Waals surface area contributed by atoms with E-state index in [1.54, 1.807) is 0 Å². The molecule has 1 unspecified atom stereocenters. The van der Waals surface area contributed by atoms with Gasteiger partial charge in [-0.2, -0.15) is 0 Å². The lowest BCUT2D eigenvalue weighted by Crippen LogP contribution is -2.20. The van der Waals surface area contributed by atoms with Crippen molar-refractivity contribution in [2.24, 2.45) is 0 Å². The zero-order valence-corrected chi connectivity index (χ0v) is 14.6. The Hall–Kier alpha value is -1.24. The predicted octanol–water partition coefficient (Wildman–Crippen LogP) is 2.75. The number of hydrogen-bond acceptors (Lipinski definition) is 6. The average Bonchev–Trinajstić information content (AvgIpc) is 2.82. The molecule has 0 radical (unpaired) electrons. The molecule has 120 valence electrons. The van der Waals surface area contributed by atoms with Crippen molar-refractivity contribution < 1.29 is 9.53 Å². The van der Waals surface area contributed by atoms with Gasteiger partial charge in [-0.3, -0.25) is 9.36 Å². The number of anilines is 1. The van der Waals surface area contributed by atoms with E-state index in [9.17, 15) is 4.79 Å². The number of esters is 1. The van der Waals surface area contributed by atoms with Gasteiger partial charge >= 0.3 is 5.97 Å². The van der Waals surface area contributed by atoms with Crippen LogP contribution in [0, 0.1) is 0 Å². The van der Waals surface area contributed by atoms with Crippen molar-refractivity contribution in [2.45, 2.75) is 57.0 Å². The number of thioether (sulfide) groups is 1. The van der Waals surface area contributed by atoms with Crippen LogP contribution in [0.25, 0.3) is 0 Å². The van der Waals surface area contributed by atoms with Crippen molar-refractivity contribution in [1.82, 2.24) is 14.8 Å². The van der Waals surface area contributed by atoms with Gasteiger partial charge in [-0.05, 0) is 27.2 Å². The van der Waals surface area contributed by atoms with Crippen molar-refractivity contribution in [3.05, 3.63) is 0 Å². The van der Waals surface area contributed by atoms with Gasteiger partial charge in [0.05, 0.1) is 6.61 Å². The maximum atomic E-state index is 11.9. The van der Waals surface area contributed by atoms with E-state index in [-0.39, 0.29) is 17.3 Å². The van der Waals surface area contributed by atoms with Gasteiger partial charge in [-0.25, -0.2) is 0 Å². The second-order valence-corrected chi connectivity index (χ2v) is 6.73. The van der Waals surface area contributed by atoms with Crippen LogP contribution in [0.5, 0.6) is 0 Å². The van der Waals surface area contributed by atoms with Crippen LogP contribution in [0.4, 0.5) is 5.95 Å². The van der Waals surface area contributed by atoms with E-state index >= 15 is 0 Å². The molecule has 0 spiro atoms. The number of unbranched alkanes of at least 4 members (excludes halogenated alkanes) is 1. The molecule has 0 aliphatic heterocycles. The van der Waals surface area contributed by atoms with Crippen molar-refractivity contribution in [3.63, 3.8) is 0 Å². The number of rotatable bonds is 8. The minimum absolute atomic E-state index is 0.196. The third kappa shape index (κ3) is 4.91. The molecule has 0 aliphatic rings. The Labute approximate surface area is 131 Å². The van der Waals surface area contributed by atoms with Gasteiger partial charge in [0.2, 0.25) is 5.95 Å². The summed E-state index contributed by atoms with van der Waals surface area (Å²) in [6, 6.07) is 0.225. The zero-order chi connectivity index (χ0) is 16.0. The fourth-order valence-corrected chi connectivity index (χ4v) is 2.72. The minimum atomic E-state index is -0.293. The van der Waals surface area contributed by atoms with E-state index in [0.717, 1.165) is 23.9 Å². The first-order valence-electron chi connectivity index (χ1n) is 7.34. The zero-order valence-electron chi connectivity index (χ0n) is 13.8. The first-order chi connectivity index (χ1) is 9.88. The van der Waals surface area contributed by atoms with Gasteiger partial charge in [0.1, 0.15) is 5.25 Å². The molecule has 1 rings (SSSR count). The maximum absolute atomic E-state index is 11.9. The van der Waals surface area contributed by atoms with E-state index in [0.29, 0.717) is 6.61 Å². The van der Waals surface area contributed by atoms with E-state index in [2.05, 4.69) is 31.0 Å². The Balaban J connectivity index is 2.76. The molecule has 0 amide bonds.